The van der Waals surface area contributed by atoms with Crippen LogP contribution < -0.4 is 14.2 Å². The number of carbonyl (C=O) groups excluding carboxylic acids is 2. The van der Waals surface area contributed by atoms with Crippen molar-refractivity contribution in [1.29, 1.82) is 5.26 Å². The van der Waals surface area contributed by atoms with Crippen LogP contribution in [0.2, 0.25) is 0 Å². The molecule has 218 valence electrons. The highest BCUT2D eigenvalue weighted by Gasteiger charge is 2.52. The summed E-state index contributed by atoms with van der Waals surface area (Å²) in [5.41, 5.74) is 1.77. The van der Waals surface area contributed by atoms with Crippen LogP contribution in [-0.4, -0.2) is 59.8 Å². The maximum atomic E-state index is 14.7. The Morgan fingerprint density at radius 2 is 1.57 bits per heavy atom. The number of amides is 2. The summed E-state index contributed by atoms with van der Waals surface area (Å²) in [6, 6.07) is 21.7. The van der Waals surface area contributed by atoms with Gasteiger partial charge in [0.05, 0.1) is 19.7 Å². The van der Waals surface area contributed by atoms with Gasteiger partial charge in [-0.3, -0.25) is 9.59 Å². The summed E-state index contributed by atoms with van der Waals surface area (Å²) >= 11 is 0. The van der Waals surface area contributed by atoms with Gasteiger partial charge in [-0.15, -0.1) is 0 Å². The van der Waals surface area contributed by atoms with Gasteiger partial charge < -0.3 is 24.0 Å². The molecular formula is C32H31F2N3O5. The van der Waals surface area contributed by atoms with Gasteiger partial charge in [-0.1, -0.05) is 60.7 Å². The number of benzene rings is 3. The second kappa shape index (κ2) is 12.5. The van der Waals surface area contributed by atoms with E-state index >= 15 is 0 Å². The molecule has 8 nitrogen and oxygen atoms in total. The van der Waals surface area contributed by atoms with Crippen molar-refractivity contribution in [3.05, 3.63) is 89.5 Å². The number of methoxy groups -OCH3 is 1. The fraction of sp³-hybridized carbons (Fsp3) is 0.344. The molecule has 0 N–H and O–H groups in total. The summed E-state index contributed by atoms with van der Waals surface area (Å²) in [5, 5.41) is 9.44. The number of halogens is 2. The normalized spacial score (nSPS) is 19.3. The molecule has 2 fully saturated rings. The van der Waals surface area contributed by atoms with Gasteiger partial charge in [-0.2, -0.15) is 5.26 Å². The molecular weight excluding hydrogens is 544 g/mol. The Hall–Kier alpha value is -4.65. The number of nitrogens with zero attached hydrogens (tertiary/aromatic N) is 3. The molecule has 5 rings (SSSR count). The number of rotatable bonds is 9. The molecule has 1 unspecified atom stereocenters. The standard InChI is InChI=1S/C32H31F2N3O5/c1-40-27-15-24(30(38)37-21-32(33,34)17-26(37)31(39)36-14-8-13-25(36)18-35)16-28(41-19-22-9-4-2-5-10-22)29(27)42-20-23-11-6-3-7-12-23/h2-7,9-12,15-16,25-26H,8,13-14,17,19-21H2,1H3/t25?,26-/m0/s1. The Balaban J connectivity index is 1.47. The molecule has 42 heavy (non-hydrogen) atoms. The molecule has 0 saturated carbocycles. The molecule has 2 amide bonds. The van der Waals surface area contributed by atoms with E-state index in [2.05, 4.69) is 6.07 Å². The quantitative estimate of drug-likeness (QED) is 0.348. The van der Waals surface area contributed by atoms with Gasteiger partial charge in [0, 0.05) is 18.5 Å². The lowest BCUT2D eigenvalue weighted by molar-refractivity contribution is -0.135. The second-order valence-corrected chi connectivity index (χ2v) is 10.4. The molecule has 3 aromatic carbocycles. The number of ether oxygens (including phenoxy) is 3. The monoisotopic (exact) mass is 575 g/mol. The smallest absolute Gasteiger partial charge is 0.267 e. The van der Waals surface area contributed by atoms with E-state index in [1.54, 1.807) is 0 Å². The molecule has 0 aromatic heterocycles. The second-order valence-electron chi connectivity index (χ2n) is 10.4. The molecule has 0 aliphatic carbocycles. The number of likely N-dealkylation sites (tertiary alicyclic amines) is 2. The van der Waals surface area contributed by atoms with Gasteiger partial charge in [-0.25, -0.2) is 8.78 Å². The minimum Gasteiger partial charge on any atom is -0.493 e. The van der Waals surface area contributed by atoms with Crippen LogP contribution >= 0.6 is 0 Å². The van der Waals surface area contributed by atoms with Crippen LogP contribution in [0.15, 0.2) is 72.8 Å². The first-order chi connectivity index (χ1) is 20.3. The lowest BCUT2D eigenvalue weighted by Crippen LogP contribution is -2.49. The van der Waals surface area contributed by atoms with Crippen molar-refractivity contribution in [3.63, 3.8) is 0 Å². The zero-order chi connectivity index (χ0) is 29.7. The van der Waals surface area contributed by atoms with Gasteiger partial charge in [0.15, 0.2) is 11.5 Å². The van der Waals surface area contributed by atoms with E-state index in [9.17, 15) is 23.6 Å². The van der Waals surface area contributed by atoms with E-state index in [1.807, 2.05) is 60.7 Å². The lowest BCUT2D eigenvalue weighted by atomic mass is 10.1. The van der Waals surface area contributed by atoms with E-state index in [1.165, 1.54) is 24.1 Å². The molecule has 2 saturated heterocycles. The first-order valence-electron chi connectivity index (χ1n) is 13.7. The van der Waals surface area contributed by atoms with Crippen LogP contribution in [0.3, 0.4) is 0 Å². The molecule has 2 atom stereocenters. The zero-order valence-electron chi connectivity index (χ0n) is 23.2. The van der Waals surface area contributed by atoms with Crippen LogP contribution in [0.1, 0.15) is 40.7 Å². The van der Waals surface area contributed by atoms with E-state index in [-0.39, 0.29) is 36.0 Å². The van der Waals surface area contributed by atoms with Crippen molar-refractivity contribution in [1.82, 2.24) is 9.80 Å². The number of nitriles is 1. The Bertz CT molecular complexity index is 1460. The maximum Gasteiger partial charge on any atom is 0.267 e. The fourth-order valence-electron chi connectivity index (χ4n) is 5.34. The van der Waals surface area contributed by atoms with Crippen LogP contribution in [0.4, 0.5) is 8.78 Å². The number of carbonyl (C=O) groups is 2. The molecule has 2 heterocycles. The molecule has 0 radical (unpaired) electrons. The van der Waals surface area contributed by atoms with Crippen molar-refractivity contribution < 1.29 is 32.6 Å². The van der Waals surface area contributed by atoms with Crippen LogP contribution in [0, 0.1) is 11.3 Å². The summed E-state index contributed by atoms with van der Waals surface area (Å²) in [7, 11) is 1.41. The zero-order valence-corrected chi connectivity index (χ0v) is 23.2. The van der Waals surface area contributed by atoms with E-state index in [0.29, 0.717) is 19.4 Å². The van der Waals surface area contributed by atoms with E-state index < -0.39 is 42.8 Å². The van der Waals surface area contributed by atoms with Crippen LogP contribution in [0.5, 0.6) is 17.2 Å². The highest BCUT2D eigenvalue weighted by molar-refractivity contribution is 5.99. The number of hydrogen-bond donors (Lipinski definition) is 0. The predicted molar refractivity (Wildman–Crippen MR) is 149 cm³/mol. The van der Waals surface area contributed by atoms with Gasteiger partial charge in [0.1, 0.15) is 25.3 Å². The summed E-state index contributed by atoms with van der Waals surface area (Å²) in [4.78, 5) is 29.4. The first-order valence-corrected chi connectivity index (χ1v) is 13.7. The minimum atomic E-state index is -3.26. The Morgan fingerprint density at radius 1 is 0.952 bits per heavy atom. The van der Waals surface area contributed by atoms with Gasteiger partial charge in [0.25, 0.3) is 11.8 Å². The van der Waals surface area contributed by atoms with Gasteiger partial charge in [-0.05, 0) is 36.1 Å². The fourth-order valence-corrected chi connectivity index (χ4v) is 5.34. The van der Waals surface area contributed by atoms with Crippen molar-refractivity contribution in [2.75, 3.05) is 20.2 Å². The molecule has 2 aliphatic heterocycles. The van der Waals surface area contributed by atoms with Crippen molar-refractivity contribution in [2.24, 2.45) is 0 Å². The highest BCUT2D eigenvalue weighted by atomic mass is 19.3. The SMILES string of the molecule is COc1cc(C(=O)N2CC(F)(F)C[C@H]2C(=O)N2CCCC2C#N)cc(OCc2ccccc2)c1OCc1ccccc1. The number of hydrogen-bond acceptors (Lipinski definition) is 6. The minimum absolute atomic E-state index is 0.00993. The molecule has 3 aromatic rings. The van der Waals surface area contributed by atoms with Crippen molar-refractivity contribution in [2.45, 2.75) is 50.5 Å². The van der Waals surface area contributed by atoms with Crippen molar-refractivity contribution in [3.8, 4) is 23.3 Å². The average molecular weight is 576 g/mol. The summed E-state index contributed by atoms with van der Waals surface area (Å²) in [5.74, 6) is -4.04. The third-order valence-electron chi connectivity index (χ3n) is 7.45. The third kappa shape index (κ3) is 6.30. The average Bonchev–Trinajstić information content (AvgIpc) is 3.63. The van der Waals surface area contributed by atoms with E-state index in [0.717, 1.165) is 16.0 Å². The summed E-state index contributed by atoms with van der Waals surface area (Å²) < 4.78 is 47.2. The summed E-state index contributed by atoms with van der Waals surface area (Å²) in [6.07, 6.45) is 0.271. The third-order valence-corrected chi connectivity index (χ3v) is 7.45. The predicted octanol–water partition coefficient (Wildman–Crippen LogP) is 5.22. The molecule has 0 bridgehead atoms. The molecule has 10 heteroatoms. The highest BCUT2D eigenvalue weighted by Crippen LogP contribution is 2.41. The molecule has 2 aliphatic rings. The Kier molecular flexibility index (Phi) is 8.57. The number of alkyl halides is 2. The van der Waals surface area contributed by atoms with Crippen LogP contribution in [0.25, 0.3) is 0 Å². The summed E-state index contributed by atoms with van der Waals surface area (Å²) in [6.45, 7) is -0.282. The topological polar surface area (TPSA) is 92.1 Å². The van der Waals surface area contributed by atoms with Crippen LogP contribution in [-0.2, 0) is 18.0 Å². The maximum absolute atomic E-state index is 14.7. The van der Waals surface area contributed by atoms with Gasteiger partial charge >= 0.3 is 0 Å². The van der Waals surface area contributed by atoms with Gasteiger partial charge in [0.2, 0.25) is 11.7 Å². The largest absolute Gasteiger partial charge is 0.493 e. The van der Waals surface area contributed by atoms with Crippen molar-refractivity contribution >= 4 is 11.8 Å². The Labute approximate surface area is 243 Å². The Morgan fingerprint density at radius 3 is 2.19 bits per heavy atom. The molecule has 0 spiro atoms. The van der Waals surface area contributed by atoms with E-state index in [4.69, 9.17) is 14.2 Å². The first kappa shape index (κ1) is 28.9. The lowest BCUT2D eigenvalue weighted by Gasteiger charge is -2.29.